The molecule has 16 heavy (non-hydrogen) atoms. The molecular formula is C12H14NO3+. The van der Waals surface area contributed by atoms with Crippen molar-refractivity contribution < 1.29 is 19.6 Å². The van der Waals surface area contributed by atoms with Gasteiger partial charge < -0.3 is 9.84 Å². The Morgan fingerprint density at radius 2 is 2.25 bits per heavy atom. The molecule has 0 atom stereocenters. The van der Waals surface area contributed by atoms with Gasteiger partial charge in [0.15, 0.2) is 0 Å². The highest BCUT2D eigenvalue weighted by molar-refractivity contribution is 5.90. The largest absolute Gasteiger partial charge is 0.508 e. The average molecular weight is 220 g/mol. The monoisotopic (exact) mass is 220 g/mol. The Labute approximate surface area is 93.9 Å². The Morgan fingerprint density at radius 1 is 1.50 bits per heavy atom. The fourth-order valence-corrected chi connectivity index (χ4v) is 1.05. The molecule has 0 radical (unpaired) electrons. The molecule has 0 spiro atoms. The molecule has 0 unspecified atom stereocenters. The van der Waals surface area contributed by atoms with Crippen LogP contribution in [0.5, 0.6) is 5.75 Å². The SMILES string of the molecule is C[NH+]=COC(=O)/C=C/c1ccc(C)c(O)c1. The Balaban J connectivity index is 2.69. The Bertz CT molecular complexity index is 436. The van der Waals surface area contributed by atoms with E-state index in [9.17, 15) is 9.90 Å². The molecule has 0 aliphatic rings. The summed E-state index contributed by atoms with van der Waals surface area (Å²) < 4.78 is 4.64. The van der Waals surface area contributed by atoms with Crippen LogP contribution in [-0.4, -0.2) is 24.5 Å². The van der Waals surface area contributed by atoms with Gasteiger partial charge in [0, 0.05) is 6.08 Å². The minimum Gasteiger partial charge on any atom is -0.508 e. The molecular weight excluding hydrogens is 206 g/mol. The van der Waals surface area contributed by atoms with E-state index < -0.39 is 5.97 Å². The molecule has 1 aromatic carbocycles. The summed E-state index contributed by atoms with van der Waals surface area (Å²) in [6.07, 6.45) is 4.06. The number of ether oxygens (including phenoxy) is 1. The van der Waals surface area contributed by atoms with Gasteiger partial charge in [0.05, 0.1) is 0 Å². The normalized spacial score (nSPS) is 11.1. The maximum Gasteiger partial charge on any atom is 0.339 e. The summed E-state index contributed by atoms with van der Waals surface area (Å²) in [6.45, 7) is 1.80. The highest BCUT2D eigenvalue weighted by atomic mass is 16.5. The third kappa shape index (κ3) is 3.57. The predicted molar refractivity (Wildman–Crippen MR) is 60.9 cm³/mol. The maximum atomic E-state index is 11.1. The summed E-state index contributed by atoms with van der Waals surface area (Å²) in [5.41, 5.74) is 1.53. The zero-order chi connectivity index (χ0) is 12.0. The average Bonchev–Trinajstić information content (AvgIpc) is 2.28. The first kappa shape index (κ1) is 12.0. The van der Waals surface area contributed by atoms with Gasteiger partial charge in [-0.2, -0.15) is 0 Å². The van der Waals surface area contributed by atoms with Crippen molar-refractivity contribution in [3.63, 3.8) is 0 Å². The number of aromatic hydroxyl groups is 1. The zero-order valence-corrected chi connectivity index (χ0v) is 9.23. The number of hydrogen-bond donors (Lipinski definition) is 2. The van der Waals surface area contributed by atoms with E-state index in [4.69, 9.17) is 0 Å². The van der Waals surface area contributed by atoms with E-state index in [1.165, 1.54) is 12.5 Å². The number of nitrogens with one attached hydrogen (secondary N) is 1. The van der Waals surface area contributed by atoms with Crippen molar-refractivity contribution in [3.05, 3.63) is 35.4 Å². The van der Waals surface area contributed by atoms with Crippen molar-refractivity contribution in [2.24, 2.45) is 0 Å². The molecule has 4 heteroatoms. The molecule has 2 N–H and O–H groups in total. The second kappa shape index (κ2) is 5.70. The van der Waals surface area contributed by atoms with Crippen molar-refractivity contribution in [2.75, 3.05) is 7.05 Å². The van der Waals surface area contributed by atoms with Gasteiger partial charge in [0.25, 0.3) is 0 Å². The lowest BCUT2D eigenvalue weighted by atomic mass is 10.1. The predicted octanol–water partition coefficient (Wildman–Crippen LogP) is -0.00428. The van der Waals surface area contributed by atoms with Crippen LogP contribution in [-0.2, 0) is 9.53 Å². The highest BCUT2D eigenvalue weighted by Gasteiger charge is 1.98. The number of benzene rings is 1. The Morgan fingerprint density at radius 3 is 2.88 bits per heavy atom. The number of phenols is 1. The molecule has 1 aromatic rings. The lowest BCUT2D eigenvalue weighted by Gasteiger charge is -1.98. The van der Waals surface area contributed by atoms with E-state index >= 15 is 0 Å². The van der Waals surface area contributed by atoms with Gasteiger partial charge in [-0.15, -0.1) is 0 Å². The van der Waals surface area contributed by atoms with Crippen LogP contribution in [0.25, 0.3) is 6.08 Å². The Kier molecular flexibility index (Phi) is 4.27. The lowest BCUT2D eigenvalue weighted by molar-refractivity contribution is -0.423. The molecule has 0 aliphatic carbocycles. The van der Waals surface area contributed by atoms with Crippen molar-refractivity contribution in [2.45, 2.75) is 6.92 Å². The van der Waals surface area contributed by atoms with Crippen LogP contribution in [0.2, 0.25) is 0 Å². The van der Waals surface area contributed by atoms with Gasteiger partial charge >= 0.3 is 12.4 Å². The molecule has 0 saturated heterocycles. The minimum atomic E-state index is -0.477. The van der Waals surface area contributed by atoms with E-state index in [1.54, 1.807) is 38.2 Å². The van der Waals surface area contributed by atoms with E-state index in [0.717, 1.165) is 11.1 Å². The second-order valence-corrected chi connectivity index (χ2v) is 3.22. The standard InChI is InChI=1S/C12H13NO3/c1-9-3-4-10(7-11(9)14)5-6-12(15)16-8-13-2/h3-8,14H,1-2H3/p+1/b6-5+,13-8?. The van der Waals surface area contributed by atoms with Crippen LogP contribution in [0.15, 0.2) is 24.3 Å². The molecule has 0 heterocycles. The van der Waals surface area contributed by atoms with Crippen LogP contribution in [0.1, 0.15) is 11.1 Å². The lowest BCUT2D eigenvalue weighted by Crippen LogP contribution is -2.63. The molecule has 0 fully saturated rings. The van der Waals surface area contributed by atoms with Crippen molar-refractivity contribution in [1.82, 2.24) is 0 Å². The molecule has 84 valence electrons. The highest BCUT2D eigenvalue weighted by Crippen LogP contribution is 2.18. The summed E-state index contributed by atoms with van der Waals surface area (Å²) in [5.74, 6) is -0.272. The molecule has 0 aromatic heterocycles. The van der Waals surface area contributed by atoms with Gasteiger partial charge in [0.1, 0.15) is 12.8 Å². The minimum absolute atomic E-state index is 0.206. The third-order valence-electron chi connectivity index (χ3n) is 1.94. The number of hydrogen-bond acceptors (Lipinski definition) is 3. The van der Waals surface area contributed by atoms with Crippen molar-refractivity contribution in [1.29, 1.82) is 0 Å². The molecule has 0 aliphatic heterocycles. The van der Waals surface area contributed by atoms with Crippen LogP contribution in [0.3, 0.4) is 0 Å². The quantitative estimate of drug-likeness (QED) is 0.326. The third-order valence-corrected chi connectivity index (χ3v) is 1.94. The van der Waals surface area contributed by atoms with Gasteiger partial charge in [-0.25, -0.2) is 9.79 Å². The van der Waals surface area contributed by atoms with Gasteiger partial charge in [-0.3, -0.25) is 0 Å². The molecule has 0 saturated carbocycles. The van der Waals surface area contributed by atoms with E-state index in [2.05, 4.69) is 9.73 Å². The molecule has 0 amide bonds. The van der Waals surface area contributed by atoms with Crippen LogP contribution in [0.4, 0.5) is 0 Å². The summed E-state index contributed by atoms with van der Waals surface area (Å²) in [6, 6.07) is 5.17. The van der Waals surface area contributed by atoms with E-state index in [0.29, 0.717) is 0 Å². The van der Waals surface area contributed by atoms with Crippen molar-refractivity contribution >= 4 is 18.4 Å². The number of carbonyl (C=O) groups is 1. The number of phenolic OH excluding ortho intramolecular Hbond substituents is 1. The number of carbonyl (C=O) groups excluding carboxylic acids is 1. The first-order chi connectivity index (χ1) is 7.63. The van der Waals surface area contributed by atoms with Crippen molar-refractivity contribution in [3.8, 4) is 5.75 Å². The summed E-state index contributed by atoms with van der Waals surface area (Å²) in [5, 5.41) is 9.44. The molecule has 1 rings (SSSR count). The number of esters is 1. The summed E-state index contributed by atoms with van der Waals surface area (Å²) >= 11 is 0. The first-order valence-electron chi connectivity index (χ1n) is 4.80. The fraction of sp³-hybridized carbons (Fsp3) is 0.167. The summed E-state index contributed by atoms with van der Waals surface area (Å²) in [7, 11) is 1.63. The molecule has 4 nitrogen and oxygen atoms in total. The van der Waals surface area contributed by atoms with Crippen LogP contribution < -0.4 is 4.99 Å². The van der Waals surface area contributed by atoms with E-state index in [1.807, 2.05) is 0 Å². The summed E-state index contributed by atoms with van der Waals surface area (Å²) in [4.78, 5) is 13.7. The number of aryl methyl sites for hydroxylation is 1. The number of rotatable bonds is 3. The maximum absolute atomic E-state index is 11.1. The topological polar surface area (TPSA) is 60.5 Å². The van der Waals surface area contributed by atoms with Gasteiger partial charge in [-0.1, -0.05) is 12.1 Å². The first-order valence-corrected chi connectivity index (χ1v) is 4.80. The zero-order valence-electron chi connectivity index (χ0n) is 9.23. The fourth-order valence-electron chi connectivity index (χ4n) is 1.05. The van der Waals surface area contributed by atoms with Gasteiger partial charge in [0.2, 0.25) is 0 Å². The Hall–Kier alpha value is -2.10. The smallest absolute Gasteiger partial charge is 0.339 e. The van der Waals surface area contributed by atoms with Crippen LogP contribution >= 0.6 is 0 Å². The second-order valence-electron chi connectivity index (χ2n) is 3.22. The van der Waals surface area contributed by atoms with E-state index in [-0.39, 0.29) is 5.75 Å². The van der Waals surface area contributed by atoms with Crippen LogP contribution in [0, 0.1) is 6.92 Å². The van der Waals surface area contributed by atoms with Gasteiger partial charge in [-0.05, 0) is 30.2 Å². The molecule has 0 bridgehead atoms.